The van der Waals surface area contributed by atoms with Gasteiger partial charge < -0.3 is 5.73 Å². The lowest BCUT2D eigenvalue weighted by Gasteiger charge is -2.32. The number of benzene rings is 5. The largest absolute Gasteiger partial charge is 0.377 e. The predicted molar refractivity (Wildman–Crippen MR) is 185 cm³/mol. The molecule has 2 N–H and O–H groups in total. The van der Waals surface area contributed by atoms with Crippen LogP contribution in [0, 0.1) is 6.92 Å². The maximum Gasteiger partial charge on any atom is 0.218 e. The number of para-hydroxylation sites is 1. The topological polar surface area (TPSA) is 68.6 Å². The highest BCUT2D eigenvalue weighted by Crippen LogP contribution is 2.24. The summed E-state index contributed by atoms with van der Waals surface area (Å²) in [6.07, 6.45) is 3.72. The molecule has 0 aliphatic carbocycles. The Morgan fingerprint density at radius 2 is 1.19 bits per heavy atom. The summed E-state index contributed by atoms with van der Waals surface area (Å²) in [5, 5.41) is 18.1. The number of hydrogen-bond acceptors (Lipinski definition) is 4. The van der Waals surface area contributed by atoms with E-state index in [0.29, 0.717) is 5.17 Å². The van der Waals surface area contributed by atoms with Crippen molar-refractivity contribution < 1.29 is 0 Å². The van der Waals surface area contributed by atoms with Crippen molar-refractivity contribution in [3.8, 4) is 16.9 Å². The molecule has 5 aromatic carbocycles. The average Bonchev–Trinajstić information content (AvgIpc) is 3.50. The summed E-state index contributed by atoms with van der Waals surface area (Å²) < 4.78 is 1.87. The Bertz CT molecular complexity index is 1740. The summed E-state index contributed by atoms with van der Waals surface area (Å²) in [5.41, 5.74) is 11.6. The molecule has 0 atom stereocenters. The Morgan fingerprint density at radius 1 is 0.698 bits per heavy atom. The van der Waals surface area contributed by atoms with E-state index in [1.165, 1.54) is 21.1 Å². The van der Waals surface area contributed by atoms with Gasteiger partial charge in [0.15, 0.2) is 5.17 Å². The van der Waals surface area contributed by atoms with Crippen LogP contribution in [-0.2, 0) is 0 Å². The van der Waals surface area contributed by atoms with E-state index in [0.717, 1.165) is 22.5 Å². The van der Waals surface area contributed by atoms with Crippen molar-refractivity contribution in [1.29, 1.82) is 0 Å². The second kappa shape index (κ2) is 12.9. The van der Waals surface area contributed by atoms with Crippen LogP contribution in [-0.4, -0.2) is 28.4 Å². The number of aromatic nitrogens is 2. The van der Waals surface area contributed by atoms with Crippen molar-refractivity contribution in [2.75, 3.05) is 0 Å². The Labute approximate surface area is 257 Å². The van der Waals surface area contributed by atoms with Gasteiger partial charge in [-0.05, 0) is 34.6 Å². The first-order valence-electron chi connectivity index (χ1n) is 14.1. The monoisotopic (exact) mass is 593 g/mol. The minimum Gasteiger partial charge on any atom is -0.377 e. The molecule has 0 radical (unpaired) electrons. The molecular weight excluding hydrogens is 563 g/mol. The van der Waals surface area contributed by atoms with Crippen molar-refractivity contribution in [2.45, 2.75) is 6.92 Å². The van der Waals surface area contributed by atoms with Gasteiger partial charge in [-0.25, -0.2) is 4.68 Å². The molecule has 210 valence electrons. The van der Waals surface area contributed by atoms with E-state index in [9.17, 15) is 0 Å². The van der Waals surface area contributed by atoms with Gasteiger partial charge in [0, 0.05) is 17.3 Å². The molecule has 7 heteroatoms. The Morgan fingerprint density at radius 3 is 1.70 bits per heavy atom. The molecule has 0 saturated carbocycles. The van der Waals surface area contributed by atoms with Gasteiger partial charge in [0.05, 0.1) is 11.9 Å². The summed E-state index contributed by atoms with van der Waals surface area (Å²) in [4.78, 5) is 0. The minimum absolute atomic E-state index is 0.409. The average molecular weight is 594 g/mol. The smallest absolute Gasteiger partial charge is 0.218 e. The van der Waals surface area contributed by atoms with Gasteiger partial charge in [-0.3, -0.25) is 0 Å². The number of rotatable bonds is 8. The SMILES string of the molecule is Cc1ccc(-c2nn(-c3ccccc3)cc2/C=N/N=C(/N)S[Si](c2ccccc2)(c2ccccc2)c2ccccc2)cc1. The van der Waals surface area contributed by atoms with E-state index < -0.39 is 7.22 Å². The predicted octanol–water partition coefficient (Wildman–Crippen LogP) is 5.90. The van der Waals surface area contributed by atoms with Gasteiger partial charge in [-0.2, -0.15) is 10.2 Å². The van der Waals surface area contributed by atoms with Gasteiger partial charge in [0.25, 0.3) is 0 Å². The summed E-state index contributed by atoms with van der Waals surface area (Å²) >= 11 is 1.62. The van der Waals surface area contributed by atoms with Crippen LogP contribution in [0.2, 0.25) is 0 Å². The fourth-order valence-electron chi connectivity index (χ4n) is 5.15. The van der Waals surface area contributed by atoms with Crippen LogP contribution < -0.4 is 21.3 Å². The lowest BCUT2D eigenvalue weighted by molar-refractivity contribution is 0.884. The van der Waals surface area contributed by atoms with E-state index >= 15 is 0 Å². The van der Waals surface area contributed by atoms with Crippen LogP contribution in [0.3, 0.4) is 0 Å². The maximum absolute atomic E-state index is 6.71. The van der Waals surface area contributed by atoms with E-state index in [2.05, 4.69) is 114 Å². The van der Waals surface area contributed by atoms with Gasteiger partial charge in [0.2, 0.25) is 7.22 Å². The van der Waals surface area contributed by atoms with Crippen LogP contribution in [0.25, 0.3) is 16.9 Å². The number of amidine groups is 1. The Kier molecular flexibility index (Phi) is 8.44. The third kappa shape index (κ3) is 6.13. The van der Waals surface area contributed by atoms with Crippen molar-refractivity contribution >= 4 is 45.4 Å². The second-order valence-electron chi connectivity index (χ2n) is 10.1. The van der Waals surface area contributed by atoms with Crippen LogP contribution in [0.1, 0.15) is 11.1 Å². The first kappa shape index (κ1) is 28.2. The molecule has 43 heavy (non-hydrogen) atoms. The number of hydrogen-bond donors (Lipinski definition) is 1. The molecule has 0 spiro atoms. The molecule has 5 nitrogen and oxygen atoms in total. The standard InChI is InChI=1S/C36H31N5SSi/c1-28-22-24-29(25-23-28)35-30(27-41(40-35)31-14-6-2-7-15-31)26-38-39-36(37)42-43(32-16-8-3-9-17-32,33-18-10-4-11-19-33)34-20-12-5-13-21-34/h2-27H,1H3,(H2,37,39)/b38-26+. The van der Waals surface area contributed by atoms with E-state index in [1.807, 2.05) is 59.4 Å². The quantitative estimate of drug-likeness (QED) is 0.0786. The summed E-state index contributed by atoms with van der Waals surface area (Å²) in [6, 6.07) is 50.2. The molecule has 0 aliphatic rings. The number of nitrogens with zero attached hydrogens (tertiary/aromatic N) is 4. The zero-order valence-electron chi connectivity index (χ0n) is 23.8. The molecule has 0 amide bonds. The lowest BCUT2D eigenvalue weighted by Crippen LogP contribution is -2.65. The van der Waals surface area contributed by atoms with Crippen molar-refractivity contribution in [3.63, 3.8) is 0 Å². The molecule has 6 rings (SSSR count). The van der Waals surface area contributed by atoms with E-state index in [4.69, 9.17) is 10.8 Å². The highest BCUT2D eigenvalue weighted by Gasteiger charge is 2.41. The molecule has 0 unspecified atom stereocenters. The summed E-state index contributed by atoms with van der Waals surface area (Å²) in [5.74, 6) is 0. The molecule has 0 bridgehead atoms. The van der Waals surface area contributed by atoms with Crippen molar-refractivity contribution in [2.24, 2.45) is 15.9 Å². The van der Waals surface area contributed by atoms with Crippen LogP contribution in [0.4, 0.5) is 0 Å². The van der Waals surface area contributed by atoms with Gasteiger partial charge in [-0.15, -0.1) is 5.10 Å². The van der Waals surface area contributed by atoms with Gasteiger partial charge in [-0.1, -0.05) is 150 Å². The van der Waals surface area contributed by atoms with Crippen LogP contribution in [0.5, 0.6) is 0 Å². The molecular formula is C36H31N5SSi. The molecule has 0 saturated heterocycles. The Hall–Kier alpha value is -4.98. The first-order chi connectivity index (χ1) is 21.1. The van der Waals surface area contributed by atoms with Gasteiger partial charge >= 0.3 is 0 Å². The van der Waals surface area contributed by atoms with Crippen molar-refractivity contribution in [3.05, 3.63) is 163 Å². The third-order valence-electron chi connectivity index (χ3n) is 7.24. The van der Waals surface area contributed by atoms with Crippen LogP contribution in [0.15, 0.2) is 162 Å². The zero-order valence-corrected chi connectivity index (χ0v) is 25.6. The number of aryl methyl sites for hydroxylation is 1. The maximum atomic E-state index is 6.71. The first-order valence-corrected chi connectivity index (χ1v) is 17.6. The lowest BCUT2D eigenvalue weighted by atomic mass is 10.1. The fourth-order valence-corrected chi connectivity index (χ4v) is 12.2. The second-order valence-corrected chi connectivity index (χ2v) is 16.3. The molecule has 6 aromatic rings. The highest BCUT2D eigenvalue weighted by atomic mass is 32.4. The van der Waals surface area contributed by atoms with Gasteiger partial charge in [0.1, 0.15) is 5.69 Å². The summed E-state index contributed by atoms with van der Waals surface area (Å²) in [6.45, 7) is 2.08. The van der Waals surface area contributed by atoms with E-state index in [1.54, 1.807) is 17.4 Å². The summed E-state index contributed by atoms with van der Waals surface area (Å²) in [7, 11) is -2.65. The number of nitrogens with two attached hydrogens (primary N) is 1. The zero-order chi connectivity index (χ0) is 29.5. The third-order valence-corrected chi connectivity index (χ3v) is 14.9. The Balaban J connectivity index is 1.39. The molecule has 1 heterocycles. The highest BCUT2D eigenvalue weighted by molar-refractivity contribution is 8.42. The molecule has 0 fully saturated rings. The fraction of sp³-hybridized carbons (Fsp3) is 0.0278. The van der Waals surface area contributed by atoms with Crippen molar-refractivity contribution in [1.82, 2.24) is 9.78 Å². The molecule has 1 aromatic heterocycles. The minimum atomic E-state index is -2.65. The molecule has 0 aliphatic heterocycles. The van der Waals surface area contributed by atoms with E-state index in [-0.39, 0.29) is 0 Å². The van der Waals surface area contributed by atoms with Crippen LogP contribution >= 0.6 is 11.2 Å². The normalized spacial score (nSPS) is 12.1.